The van der Waals surface area contributed by atoms with Crippen LogP contribution >= 0.6 is 11.8 Å². The van der Waals surface area contributed by atoms with E-state index in [2.05, 4.69) is 49.5 Å². The highest BCUT2D eigenvalue weighted by Crippen LogP contribution is 2.16. The van der Waals surface area contributed by atoms with E-state index in [1.165, 1.54) is 37.1 Å². The van der Waals surface area contributed by atoms with Gasteiger partial charge < -0.3 is 5.32 Å². The zero-order chi connectivity index (χ0) is 13.1. The Morgan fingerprint density at radius 3 is 2.61 bits per heavy atom. The van der Waals surface area contributed by atoms with Crippen molar-refractivity contribution in [2.24, 2.45) is 5.92 Å². The molecular weight excluding hydrogens is 238 g/mol. The van der Waals surface area contributed by atoms with E-state index in [1.54, 1.807) is 0 Å². The van der Waals surface area contributed by atoms with Crippen LogP contribution in [0.15, 0.2) is 35.2 Å². The van der Waals surface area contributed by atoms with Crippen LogP contribution in [0.2, 0.25) is 0 Å². The molecule has 0 radical (unpaired) electrons. The lowest BCUT2D eigenvalue weighted by molar-refractivity contribution is 0.425. The van der Waals surface area contributed by atoms with Crippen molar-refractivity contribution >= 4 is 11.8 Å². The van der Waals surface area contributed by atoms with Crippen molar-refractivity contribution < 1.29 is 0 Å². The van der Waals surface area contributed by atoms with Gasteiger partial charge in [0, 0.05) is 17.2 Å². The monoisotopic (exact) mass is 265 g/mol. The minimum atomic E-state index is 0.867. The SMILES string of the molecule is CCCCC(CC)CNCCSc1ccccc1. The highest BCUT2D eigenvalue weighted by molar-refractivity contribution is 7.99. The van der Waals surface area contributed by atoms with Crippen molar-refractivity contribution in [3.05, 3.63) is 30.3 Å². The standard InChI is InChI=1S/C16H27NS/c1-3-5-9-15(4-2)14-17-12-13-18-16-10-7-6-8-11-16/h6-8,10-11,15,17H,3-5,9,12-14H2,1-2H3. The van der Waals surface area contributed by atoms with Gasteiger partial charge in [-0.05, 0) is 31.0 Å². The minimum absolute atomic E-state index is 0.867. The fraction of sp³-hybridized carbons (Fsp3) is 0.625. The molecule has 1 nitrogen and oxygen atoms in total. The number of benzene rings is 1. The summed E-state index contributed by atoms with van der Waals surface area (Å²) in [5.41, 5.74) is 0. The number of hydrogen-bond acceptors (Lipinski definition) is 2. The number of nitrogens with one attached hydrogen (secondary N) is 1. The lowest BCUT2D eigenvalue weighted by atomic mass is 9.99. The first kappa shape index (κ1) is 15.6. The van der Waals surface area contributed by atoms with Crippen LogP contribution in [0.4, 0.5) is 0 Å². The smallest absolute Gasteiger partial charge is 0.0106 e. The van der Waals surface area contributed by atoms with Gasteiger partial charge in [0.2, 0.25) is 0 Å². The van der Waals surface area contributed by atoms with Crippen LogP contribution in [-0.4, -0.2) is 18.8 Å². The van der Waals surface area contributed by atoms with Gasteiger partial charge in [-0.1, -0.05) is 51.3 Å². The molecule has 0 saturated carbocycles. The molecule has 0 aliphatic heterocycles. The summed E-state index contributed by atoms with van der Waals surface area (Å²) in [5, 5.41) is 3.59. The van der Waals surface area contributed by atoms with E-state index in [1.807, 2.05) is 11.8 Å². The van der Waals surface area contributed by atoms with Crippen LogP contribution < -0.4 is 5.32 Å². The van der Waals surface area contributed by atoms with Crippen molar-refractivity contribution in [2.75, 3.05) is 18.8 Å². The molecule has 102 valence electrons. The number of thioether (sulfide) groups is 1. The average Bonchev–Trinajstić information content (AvgIpc) is 2.43. The normalized spacial score (nSPS) is 12.6. The van der Waals surface area contributed by atoms with Gasteiger partial charge in [-0.3, -0.25) is 0 Å². The Kier molecular flexibility index (Phi) is 9.05. The lowest BCUT2D eigenvalue weighted by Crippen LogP contribution is -2.24. The van der Waals surface area contributed by atoms with Crippen molar-refractivity contribution in [3.8, 4) is 0 Å². The average molecular weight is 265 g/mol. The molecule has 0 aliphatic carbocycles. The zero-order valence-electron chi connectivity index (χ0n) is 11.8. The molecule has 1 aromatic rings. The molecule has 1 unspecified atom stereocenters. The van der Waals surface area contributed by atoms with Crippen LogP contribution in [-0.2, 0) is 0 Å². The second-order valence-electron chi connectivity index (χ2n) is 4.78. The van der Waals surface area contributed by atoms with Gasteiger partial charge in [0.25, 0.3) is 0 Å². The summed E-state index contributed by atoms with van der Waals surface area (Å²) in [7, 11) is 0. The van der Waals surface area contributed by atoms with Gasteiger partial charge in [0.15, 0.2) is 0 Å². The lowest BCUT2D eigenvalue weighted by Gasteiger charge is -2.15. The number of unbranched alkanes of at least 4 members (excludes halogenated alkanes) is 1. The Hall–Kier alpha value is -0.470. The van der Waals surface area contributed by atoms with Crippen LogP contribution in [0.25, 0.3) is 0 Å². The van der Waals surface area contributed by atoms with Gasteiger partial charge in [0.1, 0.15) is 0 Å². The Morgan fingerprint density at radius 2 is 1.94 bits per heavy atom. The third-order valence-corrected chi connectivity index (χ3v) is 4.28. The molecule has 1 atom stereocenters. The molecule has 0 heterocycles. The fourth-order valence-electron chi connectivity index (χ4n) is 2.01. The molecule has 18 heavy (non-hydrogen) atoms. The molecule has 0 aliphatic rings. The maximum absolute atomic E-state index is 3.59. The second-order valence-corrected chi connectivity index (χ2v) is 5.95. The number of hydrogen-bond donors (Lipinski definition) is 1. The molecular formula is C16H27NS. The molecule has 0 amide bonds. The Bertz CT molecular complexity index is 286. The summed E-state index contributed by atoms with van der Waals surface area (Å²) >= 11 is 1.94. The van der Waals surface area contributed by atoms with E-state index >= 15 is 0 Å². The maximum Gasteiger partial charge on any atom is 0.0106 e. The molecule has 0 saturated heterocycles. The third kappa shape index (κ3) is 7.07. The van der Waals surface area contributed by atoms with E-state index in [4.69, 9.17) is 0 Å². The first-order chi connectivity index (χ1) is 8.86. The summed E-state index contributed by atoms with van der Waals surface area (Å²) < 4.78 is 0. The van der Waals surface area contributed by atoms with E-state index in [0.717, 1.165) is 18.2 Å². The Labute approximate surface area is 117 Å². The Morgan fingerprint density at radius 1 is 1.17 bits per heavy atom. The highest BCUT2D eigenvalue weighted by Gasteiger charge is 2.04. The molecule has 1 N–H and O–H groups in total. The van der Waals surface area contributed by atoms with Crippen LogP contribution in [0.1, 0.15) is 39.5 Å². The highest BCUT2D eigenvalue weighted by atomic mass is 32.2. The molecule has 0 fully saturated rings. The quantitative estimate of drug-likeness (QED) is 0.491. The first-order valence-corrected chi connectivity index (χ1v) is 8.24. The summed E-state index contributed by atoms with van der Waals surface area (Å²) in [6, 6.07) is 10.6. The van der Waals surface area contributed by atoms with Crippen molar-refractivity contribution in [3.63, 3.8) is 0 Å². The molecule has 1 aromatic carbocycles. The van der Waals surface area contributed by atoms with Crippen molar-refractivity contribution in [1.82, 2.24) is 5.32 Å². The van der Waals surface area contributed by atoms with Crippen molar-refractivity contribution in [1.29, 1.82) is 0 Å². The van der Waals surface area contributed by atoms with Crippen LogP contribution in [0.5, 0.6) is 0 Å². The first-order valence-electron chi connectivity index (χ1n) is 7.25. The zero-order valence-corrected chi connectivity index (χ0v) is 12.6. The molecule has 2 heteroatoms. The molecule has 0 bridgehead atoms. The summed E-state index contributed by atoms with van der Waals surface area (Å²) in [6.07, 6.45) is 5.38. The maximum atomic E-state index is 3.59. The molecule has 0 spiro atoms. The van der Waals surface area contributed by atoms with Crippen molar-refractivity contribution in [2.45, 2.75) is 44.4 Å². The van der Waals surface area contributed by atoms with E-state index in [-0.39, 0.29) is 0 Å². The van der Waals surface area contributed by atoms with Crippen LogP contribution in [0.3, 0.4) is 0 Å². The van der Waals surface area contributed by atoms with Gasteiger partial charge in [-0.2, -0.15) is 0 Å². The Balaban J connectivity index is 2.03. The minimum Gasteiger partial charge on any atom is -0.316 e. The fourth-order valence-corrected chi connectivity index (χ4v) is 2.84. The largest absolute Gasteiger partial charge is 0.316 e. The van der Waals surface area contributed by atoms with Gasteiger partial charge in [-0.15, -0.1) is 11.8 Å². The van der Waals surface area contributed by atoms with Gasteiger partial charge >= 0.3 is 0 Å². The third-order valence-electron chi connectivity index (χ3n) is 3.27. The van der Waals surface area contributed by atoms with E-state index < -0.39 is 0 Å². The predicted molar refractivity (Wildman–Crippen MR) is 83.3 cm³/mol. The van der Waals surface area contributed by atoms with Crippen LogP contribution in [0, 0.1) is 5.92 Å². The van der Waals surface area contributed by atoms with Gasteiger partial charge in [-0.25, -0.2) is 0 Å². The topological polar surface area (TPSA) is 12.0 Å². The predicted octanol–water partition coefficient (Wildman–Crippen LogP) is 4.58. The van der Waals surface area contributed by atoms with Gasteiger partial charge in [0.05, 0.1) is 0 Å². The number of rotatable bonds is 10. The molecule has 0 aromatic heterocycles. The van der Waals surface area contributed by atoms with E-state index in [0.29, 0.717) is 0 Å². The summed E-state index contributed by atoms with van der Waals surface area (Å²) in [5.74, 6) is 2.03. The second kappa shape index (κ2) is 10.5. The molecule has 1 rings (SSSR count). The summed E-state index contributed by atoms with van der Waals surface area (Å²) in [4.78, 5) is 1.37. The summed E-state index contributed by atoms with van der Waals surface area (Å²) in [6.45, 7) is 6.88. The van der Waals surface area contributed by atoms with E-state index in [9.17, 15) is 0 Å².